The molecule has 8 heteroatoms. The molecule has 1 saturated heterocycles. The van der Waals surface area contributed by atoms with Gasteiger partial charge in [-0.2, -0.15) is 0 Å². The van der Waals surface area contributed by atoms with Crippen LogP contribution in [0.25, 0.3) is 0 Å². The highest BCUT2D eigenvalue weighted by Crippen LogP contribution is 2.34. The first kappa shape index (κ1) is 19.5. The highest BCUT2D eigenvalue weighted by molar-refractivity contribution is 6.30. The smallest absolute Gasteiger partial charge is 0.238 e. The highest BCUT2D eigenvalue weighted by Gasteiger charge is 2.26. The van der Waals surface area contributed by atoms with Gasteiger partial charge in [0.25, 0.3) is 0 Å². The van der Waals surface area contributed by atoms with Crippen LogP contribution >= 0.6 is 11.6 Å². The van der Waals surface area contributed by atoms with E-state index in [2.05, 4.69) is 15.5 Å². The Balaban J connectivity index is 1.23. The number of hydrogen-bond donors (Lipinski definition) is 2. The number of nitrogens with zero attached hydrogens (tertiary/aromatic N) is 1. The van der Waals surface area contributed by atoms with E-state index in [1.807, 2.05) is 6.07 Å². The number of piperidine rings is 1. The molecule has 2 heterocycles. The van der Waals surface area contributed by atoms with E-state index in [0.29, 0.717) is 54.7 Å². The van der Waals surface area contributed by atoms with E-state index in [-0.39, 0.29) is 24.5 Å². The molecule has 7 nitrogen and oxygen atoms in total. The number of rotatable bonds is 5. The van der Waals surface area contributed by atoms with E-state index in [9.17, 15) is 9.59 Å². The number of amides is 2. The summed E-state index contributed by atoms with van der Waals surface area (Å²) >= 11 is 5.85. The van der Waals surface area contributed by atoms with Crippen molar-refractivity contribution < 1.29 is 19.1 Å². The highest BCUT2D eigenvalue weighted by atomic mass is 35.5. The van der Waals surface area contributed by atoms with Crippen LogP contribution in [0.2, 0.25) is 5.02 Å². The number of carbonyl (C=O) groups is 2. The lowest BCUT2D eigenvalue weighted by Gasteiger charge is -2.30. The Hall–Kier alpha value is -2.77. The summed E-state index contributed by atoms with van der Waals surface area (Å²) in [4.78, 5) is 26.9. The van der Waals surface area contributed by atoms with Crippen LogP contribution in [0.4, 0.5) is 11.4 Å². The fraction of sp³-hybridized carbons (Fsp3) is 0.333. The van der Waals surface area contributed by atoms with E-state index in [0.717, 1.165) is 5.69 Å². The molecule has 1 fully saturated rings. The standard InChI is InChI=1S/C21H22ClN3O4/c22-15-1-3-16(4-2-15)23-20(26)12-25-9-7-14(8-10-25)21(27)24-17-5-6-18-19(11-17)29-13-28-18/h1-6,11,14H,7-10,12-13H2,(H,23,26)(H,24,27). The minimum atomic E-state index is -0.0735. The lowest BCUT2D eigenvalue weighted by Crippen LogP contribution is -2.41. The number of hydrogen-bond acceptors (Lipinski definition) is 5. The van der Waals surface area contributed by atoms with Gasteiger partial charge in [-0.05, 0) is 62.3 Å². The monoisotopic (exact) mass is 415 g/mol. The Morgan fingerprint density at radius 3 is 2.41 bits per heavy atom. The average molecular weight is 416 g/mol. The molecule has 0 spiro atoms. The second-order valence-electron chi connectivity index (χ2n) is 7.16. The molecule has 2 N–H and O–H groups in total. The first-order chi connectivity index (χ1) is 14.1. The molecular weight excluding hydrogens is 394 g/mol. The van der Waals surface area contributed by atoms with Crippen molar-refractivity contribution >= 4 is 34.8 Å². The van der Waals surface area contributed by atoms with Gasteiger partial charge in [0.1, 0.15) is 0 Å². The van der Waals surface area contributed by atoms with Crippen LogP contribution in [-0.4, -0.2) is 43.1 Å². The van der Waals surface area contributed by atoms with Crippen LogP contribution in [0.5, 0.6) is 11.5 Å². The van der Waals surface area contributed by atoms with Crippen molar-refractivity contribution in [3.8, 4) is 11.5 Å². The topological polar surface area (TPSA) is 79.9 Å². The Bertz CT molecular complexity index is 895. The second-order valence-corrected chi connectivity index (χ2v) is 7.60. The number of ether oxygens (including phenoxy) is 2. The summed E-state index contributed by atoms with van der Waals surface area (Å²) in [6, 6.07) is 12.4. The minimum Gasteiger partial charge on any atom is -0.454 e. The van der Waals surface area contributed by atoms with Gasteiger partial charge in [-0.3, -0.25) is 14.5 Å². The lowest BCUT2D eigenvalue weighted by molar-refractivity contribution is -0.121. The van der Waals surface area contributed by atoms with Gasteiger partial charge in [-0.15, -0.1) is 0 Å². The summed E-state index contributed by atoms with van der Waals surface area (Å²) in [5.41, 5.74) is 1.42. The fourth-order valence-electron chi connectivity index (χ4n) is 3.51. The second kappa shape index (κ2) is 8.71. The van der Waals surface area contributed by atoms with Crippen LogP contribution in [-0.2, 0) is 9.59 Å². The van der Waals surface area contributed by atoms with Crippen molar-refractivity contribution in [2.75, 3.05) is 37.1 Å². The summed E-state index contributed by atoms with van der Waals surface area (Å²) < 4.78 is 10.6. The van der Waals surface area contributed by atoms with Crippen molar-refractivity contribution in [2.45, 2.75) is 12.8 Å². The predicted molar refractivity (Wildman–Crippen MR) is 110 cm³/mol. The molecule has 2 aromatic rings. The van der Waals surface area contributed by atoms with E-state index in [4.69, 9.17) is 21.1 Å². The van der Waals surface area contributed by atoms with Crippen molar-refractivity contribution in [3.63, 3.8) is 0 Å². The summed E-state index contributed by atoms with van der Waals surface area (Å²) in [7, 11) is 0. The first-order valence-electron chi connectivity index (χ1n) is 9.55. The van der Waals surface area contributed by atoms with Gasteiger partial charge in [0.2, 0.25) is 18.6 Å². The van der Waals surface area contributed by atoms with E-state index in [1.165, 1.54) is 0 Å². The average Bonchev–Trinajstić information content (AvgIpc) is 3.18. The van der Waals surface area contributed by atoms with Gasteiger partial charge in [0.15, 0.2) is 11.5 Å². The summed E-state index contributed by atoms with van der Waals surface area (Å²) in [5.74, 6) is 1.18. The molecule has 152 valence electrons. The Labute approximate surface area is 173 Å². The van der Waals surface area contributed by atoms with Gasteiger partial charge in [0.05, 0.1) is 6.54 Å². The number of benzene rings is 2. The number of halogens is 1. The van der Waals surface area contributed by atoms with E-state index in [1.54, 1.807) is 36.4 Å². The summed E-state index contributed by atoms with van der Waals surface area (Å²) in [6.07, 6.45) is 1.43. The molecule has 0 aromatic heterocycles. The molecule has 2 aliphatic rings. The first-order valence-corrected chi connectivity index (χ1v) is 9.93. The molecule has 2 aliphatic heterocycles. The molecule has 0 atom stereocenters. The van der Waals surface area contributed by atoms with Crippen LogP contribution < -0.4 is 20.1 Å². The zero-order valence-electron chi connectivity index (χ0n) is 15.8. The van der Waals surface area contributed by atoms with Crippen LogP contribution in [0, 0.1) is 5.92 Å². The van der Waals surface area contributed by atoms with E-state index < -0.39 is 0 Å². The van der Waals surface area contributed by atoms with Crippen LogP contribution in [0.3, 0.4) is 0 Å². The maximum atomic E-state index is 12.6. The normalized spacial score (nSPS) is 16.4. The lowest BCUT2D eigenvalue weighted by atomic mass is 9.95. The molecule has 2 aromatic carbocycles. The zero-order valence-corrected chi connectivity index (χ0v) is 16.6. The molecule has 2 amide bonds. The SMILES string of the molecule is O=C(CN1CCC(C(=O)Nc2ccc3c(c2)OCO3)CC1)Nc1ccc(Cl)cc1. The number of likely N-dealkylation sites (tertiary alicyclic amines) is 1. The Morgan fingerprint density at radius 1 is 0.966 bits per heavy atom. The van der Waals surface area contributed by atoms with Crippen molar-refractivity contribution in [2.24, 2.45) is 5.92 Å². The van der Waals surface area contributed by atoms with Crippen molar-refractivity contribution in [1.29, 1.82) is 0 Å². The maximum absolute atomic E-state index is 12.6. The van der Waals surface area contributed by atoms with Crippen LogP contribution in [0.1, 0.15) is 12.8 Å². The molecular formula is C21H22ClN3O4. The number of carbonyl (C=O) groups excluding carboxylic acids is 2. The fourth-order valence-corrected chi connectivity index (χ4v) is 3.63. The molecule has 4 rings (SSSR count). The number of anilines is 2. The quantitative estimate of drug-likeness (QED) is 0.782. The molecule has 29 heavy (non-hydrogen) atoms. The van der Waals surface area contributed by atoms with Crippen LogP contribution in [0.15, 0.2) is 42.5 Å². The molecule has 0 bridgehead atoms. The number of nitrogens with one attached hydrogen (secondary N) is 2. The third kappa shape index (κ3) is 4.99. The molecule has 0 saturated carbocycles. The van der Waals surface area contributed by atoms with Gasteiger partial charge in [0, 0.05) is 28.4 Å². The van der Waals surface area contributed by atoms with Gasteiger partial charge < -0.3 is 20.1 Å². The molecule has 0 aliphatic carbocycles. The minimum absolute atomic E-state index is 0.00543. The third-order valence-corrected chi connectivity index (χ3v) is 5.35. The molecule has 0 unspecified atom stereocenters. The Morgan fingerprint density at radius 2 is 1.66 bits per heavy atom. The largest absolute Gasteiger partial charge is 0.454 e. The summed E-state index contributed by atoms with van der Waals surface area (Å²) in [5, 5.41) is 6.44. The third-order valence-electron chi connectivity index (χ3n) is 5.09. The van der Waals surface area contributed by atoms with Crippen molar-refractivity contribution in [3.05, 3.63) is 47.5 Å². The Kier molecular flexibility index (Phi) is 5.87. The zero-order chi connectivity index (χ0) is 20.2. The van der Waals surface area contributed by atoms with Gasteiger partial charge in [-0.25, -0.2) is 0 Å². The molecule has 0 radical (unpaired) electrons. The van der Waals surface area contributed by atoms with Gasteiger partial charge in [-0.1, -0.05) is 11.6 Å². The predicted octanol–water partition coefficient (Wildman–Crippen LogP) is 3.36. The maximum Gasteiger partial charge on any atom is 0.238 e. The number of fused-ring (bicyclic) bond motifs is 1. The summed E-state index contributed by atoms with van der Waals surface area (Å²) in [6.45, 7) is 1.91. The van der Waals surface area contributed by atoms with E-state index >= 15 is 0 Å². The van der Waals surface area contributed by atoms with Gasteiger partial charge >= 0.3 is 0 Å². The van der Waals surface area contributed by atoms with Crippen molar-refractivity contribution in [1.82, 2.24) is 4.90 Å².